The molecule has 0 saturated carbocycles. The van der Waals surface area contributed by atoms with Gasteiger partial charge >= 0.3 is 0 Å². The number of carbonyl (C=O) groups excluding carboxylic acids is 1. The zero-order chi connectivity index (χ0) is 19.2. The fourth-order valence-electron chi connectivity index (χ4n) is 3.65. The molecule has 27 heavy (non-hydrogen) atoms. The number of halogens is 2. The number of hydrogen-bond donors (Lipinski definition) is 2. The van der Waals surface area contributed by atoms with Crippen LogP contribution in [-0.2, 0) is 6.42 Å². The number of para-hydroxylation sites is 1. The van der Waals surface area contributed by atoms with E-state index in [1.807, 2.05) is 30.3 Å². The maximum atomic E-state index is 13.0. The fourth-order valence-corrected chi connectivity index (χ4v) is 4.01. The molecular formula is C21H19Cl2N3O. The van der Waals surface area contributed by atoms with Gasteiger partial charge in [-0.05, 0) is 30.0 Å². The highest BCUT2D eigenvalue weighted by molar-refractivity contribution is 6.34. The molecule has 0 fully saturated rings. The smallest absolute Gasteiger partial charge is 0.167 e. The molecule has 1 aliphatic rings. The number of ketones is 1. The van der Waals surface area contributed by atoms with E-state index in [1.54, 1.807) is 6.07 Å². The SMILES string of the molecule is CC1(C)CC(=O)c2c([nH]c(-c3cc(Cl)ncc3Cl)c2Nc2ccccc2)C1. The summed E-state index contributed by atoms with van der Waals surface area (Å²) >= 11 is 12.5. The number of hydrogen-bond acceptors (Lipinski definition) is 3. The summed E-state index contributed by atoms with van der Waals surface area (Å²) in [5, 5.41) is 4.23. The van der Waals surface area contributed by atoms with Crippen LogP contribution in [-0.4, -0.2) is 15.8 Å². The standard InChI is InChI=1S/C21H19Cl2N3O/c1-21(2)9-15-18(16(27)10-21)20(25-12-6-4-3-5-7-12)19(26-15)13-8-17(23)24-11-14(13)22/h3-8,11,25-26H,9-10H2,1-2H3. The molecule has 0 radical (unpaired) electrons. The Labute approximate surface area is 167 Å². The van der Waals surface area contributed by atoms with Crippen LogP contribution in [0.1, 0.15) is 36.3 Å². The fraction of sp³-hybridized carbons (Fsp3) is 0.238. The Bertz CT molecular complexity index is 1030. The molecule has 2 aromatic heterocycles. The Kier molecular flexibility index (Phi) is 4.49. The van der Waals surface area contributed by atoms with E-state index in [4.69, 9.17) is 23.2 Å². The summed E-state index contributed by atoms with van der Waals surface area (Å²) in [5.41, 5.74) is 4.65. The summed E-state index contributed by atoms with van der Waals surface area (Å²) in [4.78, 5) is 20.4. The number of aromatic nitrogens is 2. The first kappa shape index (κ1) is 18.1. The maximum absolute atomic E-state index is 13.0. The van der Waals surface area contributed by atoms with Crippen molar-refractivity contribution in [3.8, 4) is 11.3 Å². The van der Waals surface area contributed by atoms with Crippen LogP contribution in [0.3, 0.4) is 0 Å². The number of aromatic amines is 1. The molecule has 0 bridgehead atoms. The third-order valence-electron chi connectivity index (χ3n) is 4.79. The zero-order valence-electron chi connectivity index (χ0n) is 15.1. The highest BCUT2D eigenvalue weighted by Gasteiger charge is 2.36. The van der Waals surface area contributed by atoms with Gasteiger partial charge in [0.25, 0.3) is 0 Å². The molecule has 3 aromatic rings. The molecule has 0 unspecified atom stereocenters. The lowest BCUT2D eigenvalue weighted by Gasteiger charge is -2.28. The van der Waals surface area contributed by atoms with E-state index in [1.165, 1.54) is 6.20 Å². The third kappa shape index (κ3) is 3.47. The lowest BCUT2D eigenvalue weighted by atomic mass is 9.76. The van der Waals surface area contributed by atoms with Gasteiger partial charge < -0.3 is 10.3 Å². The van der Waals surface area contributed by atoms with Crippen LogP contribution in [0.4, 0.5) is 11.4 Å². The molecule has 2 heterocycles. The van der Waals surface area contributed by atoms with Gasteiger partial charge in [-0.3, -0.25) is 4.79 Å². The molecule has 6 heteroatoms. The number of nitrogens with zero attached hydrogens (tertiary/aromatic N) is 1. The number of carbonyl (C=O) groups is 1. The van der Waals surface area contributed by atoms with Crippen LogP contribution in [0.25, 0.3) is 11.3 Å². The van der Waals surface area contributed by atoms with Gasteiger partial charge in [0, 0.05) is 29.6 Å². The summed E-state index contributed by atoms with van der Waals surface area (Å²) in [6.07, 6.45) is 2.82. The topological polar surface area (TPSA) is 57.8 Å². The van der Waals surface area contributed by atoms with Gasteiger partial charge in [-0.1, -0.05) is 55.2 Å². The highest BCUT2D eigenvalue weighted by Crippen LogP contribution is 2.44. The normalized spacial score (nSPS) is 15.5. The van der Waals surface area contributed by atoms with Crippen LogP contribution >= 0.6 is 23.2 Å². The predicted octanol–water partition coefficient (Wildman–Crippen LogP) is 6.28. The van der Waals surface area contributed by atoms with Crippen molar-refractivity contribution < 1.29 is 4.79 Å². The summed E-state index contributed by atoms with van der Waals surface area (Å²) < 4.78 is 0. The monoisotopic (exact) mass is 399 g/mol. The van der Waals surface area contributed by atoms with Gasteiger partial charge in [0.05, 0.1) is 22.0 Å². The Hall–Kier alpha value is -2.30. The minimum absolute atomic E-state index is 0.0874. The van der Waals surface area contributed by atoms with E-state index in [-0.39, 0.29) is 11.2 Å². The van der Waals surface area contributed by atoms with Crippen molar-refractivity contribution in [2.75, 3.05) is 5.32 Å². The Balaban J connectivity index is 1.93. The van der Waals surface area contributed by atoms with Crippen molar-refractivity contribution in [1.29, 1.82) is 0 Å². The molecule has 4 rings (SSSR count). The molecule has 1 aliphatic carbocycles. The van der Waals surface area contributed by atoms with Crippen molar-refractivity contribution in [2.45, 2.75) is 26.7 Å². The average molecular weight is 400 g/mol. The van der Waals surface area contributed by atoms with Gasteiger partial charge in [0.2, 0.25) is 0 Å². The minimum Gasteiger partial charge on any atom is -0.356 e. The summed E-state index contributed by atoms with van der Waals surface area (Å²) in [5.74, 6) is 0.124. The predicted molar refractivity (Wildman–Crippen MR) is 110 cm³/mol. The Morgan fingerprint density at radius 2 is 1.89 bits per heavy atom. The number of fused-ring (bicyclic) bond motifs is 1. The van der Waals surface area contributed by atoms with Gasteiger partial charge in [0.15, 0.2) is 5.78 Å². The molecule has 0 atom stereocenters. The van der Waals surface area contributed by atoms with Crippen molar-refractivity contribution in [3.05, 3.63) is 64.0 Å². The van der Waals surface area contributed by atoms with Crippen molar-refractivity contribution >= 4 is 40.4 Å². The first-order valence-electron chi connectivity index (χ1n) is 8.75. The van der Waals surface area contributed by atoms with Crippen LogP contribution in [0, 0.1) is 5.41 Å². The van der Waals surface area contributed by atoms with E-state index in [2.05, 4.69) is 29.1 Å². The second-order valence-corrected chi connectivity index (χ2v) is 8.44. The van der Waals surface area contributed by atoms with Crippen LogP contribution in [0.15, 0.2) is 42.6 Å². The largest absolute Gasteiger partial charge is 0.356 e. The molecule has 0 spiro atoms. The second kappa shape index (κ2) is 6.70. The molecule has 2 N–H and O–H groups in total. The molecule has 1 aromatic carbocycles. The van der Waals surface area contributed by atoms with Crippen LogP contribution in [0.5, 0.6) is 0 Å². The molecule has 0 amide bonds. The minimum atomic E-state index is -0.0874. The number of H-pyrrole nitrogens is 1. The van der Waals surface area contributed by atoms with E-state index in [9.17, 15) is 4.79 Å². The van der Waals surface area contributed by atoms with Crippen LogP contribution < -0.4 is 5.32 Å². The Morgan fingerprint density at radius 1 is 1.15 bits per heavy atom. The first-order valence-corrected chi connectivity index (χ1v) is 9.51. The van der Waals surface area contributed by atoms with Crippen molar-refractivity contribution in [3.63, 3.8) is 0 Å². The number of pyridine rings is 1. The lowest BCUT2D eigenvalue weighted by molar-refractivity contribution is 0.0912. The van der Waals surface area contributed by atoms with Crippen LogP contribution in [0.2, 0.25) is 10.2 Å². The number of anilines is 2. The average Bonchev–Trinajstić information content (AvgIpc) is 2.95. The Morgan fingerprint density at radius 3 is 2.63 bits per heavy atom. The van der Waals surface area contributed by atoms with Gasteiger partial charge in [-0.25, -0.2) is 4.98 Å². The van der Waals surface area contributed by atoms with Gasteiger partial charge in [0.1, 0.15) is 5.15 Å². The lowest BCUT2D eigenvalue weighted by Crippen LogP contribution is -2.26. The molecule has 0 saturated heterocycles. The molecule has 0 aliphatic heterocycles. The molecule has 4 nitrogen and oxygen atoms in total. The number of Topliss-reactive ketones (excluding diaryl/α,β-unsaturated/α-hetero) is 1. The van der Waals surface area contributed by atoms with Crippen molar-refractivity contribution in [1.82, 2.24) is 9.97 Å². The first-order chi connectivity index (χ1) is 12.8. The van der Waals surface area contributed by atoms with E-state index < -0.39 is 0 Å². The number of rotatable bonds is 3. The maximum Gasteiger partial charge on any atom is 0.167 e. The third-order valence-corrected chi connectivity index (χ3v) is 5.29. The zero-order valence-corrected chi connectivity index (χ0v) is 16.6. The number of nitrogens with one attached hydrogen (secondary N) is 2. The number of benzene rings is 1. The summed E-state index contributed by atoms with van der Waals surface area (Å²) in [6.45, 7) is 4.21. The van der Waals surface area contributed by atoms with E-state index in [0.29, 0.717) is 22.2 Å². The van der Waals surface area contributed by atoms with E-state index in [0.717, 1.165) is 34.7 Å². The van der Waals surface area contributed by atoms with Gasteiger partial charge in [-0.2, -0.15) is 0 Å². The molecular weight excluding hydrogens is 381 g/mol. The van der Waals surface area contributed by atoms with E-state index >= 15 is 0 Å². The summed E-state index contributed by atoms with van der Waals surface area (Å²) in [7, 11) is 0. The molecule has 138 valence electrons. The quantitative estimate of drug-likeness (QED) is 0.509. The van der Waals surface area contributed by atoms with Gasteiger partial charge in [-0.15, -0.1) is 0 Å². The van der Waals surface area contributed by atoms with Crippen molar-refractivity contribution in [2.24, 2.45) is 5.41 Å². The second-order valence-electron chi connectivity index (χ2n) is 7.65. The summed E-state index contributed by atoms with van der Waals surface area (Å²) in [6, 6.07) is 11.5. The highest BCUT2D eigenvalue weighted by atomic mass is 35.5.